The smallest absolute Gasteiger partial charge is 0.326 e. The van der Waals surface area contributed by atoms with E-state index in [0.717, 1.165) is 12.1 Å². The molecule has 0 spiro atoms. The Bertz CT molecular complexity index is 532. The number of hydrogen-bond donors (Lipinski definition) is 3. The molecule has 0 fully saturated rings. The highest BCUT2D eigenvalue weighted by Gasteiger charge is 2.24. The lowest BCUT2D eigenvalue weighted by Gasteiger charge is -2.12. The van der Waals surface area contributed by atoms with Crippen LogP contribution in [0.2, 0.25) is 0 Å². The topological polar surface area (TPSA) is 104 Å². The quantitative estimate of drug-likeness (QED) is 0.729. The number of nitrogens with one attached hydrogen (secondary N) is 1. The second-order valence-electron chi connectivity index (χ2n) is 3.59. The minimum Gasteiger partial charge on any atom is -0.481 e. The molecule has 1 atom stereocenters. The number of carbonyl (C=O) groups is 3. The fourth-order valence-corrected chi connectivity index (χ4v) is 1.28. The Morgan fingerprint density at radius 3 is 2.32 bits per heavy atom. The zero-order valence-corrected chi connectivity index (χ0v) is 9.39. The molecule has 0 bridgehead atoms. The Labute approximate surface area is 105 Å². The zero-order valence-electron chi connectivity index (χ0n) is 9.39. The summed E-state index contributed by atoms with van der Waals surface area (Å²) in [4.78, 5) is 32.7. The Kier molecular flexibility index (Phi) is 4.51. The molecule has 0 saturated carbocycles. The molecule has 0 heterocycles. The molecule has 0 saturated heterocycles. The van der Waals surface area contributed by atoms with Crippen molar-refractivity contribution in [2.24, 2.45) is 0 Å². The molecule has 0 aliphatic rings. The molecule has 1 amide bonds. The molecule has 0 radical (unpaired) electrons. The molecule has 0 aromatic heterocycles. The molecule has 19 heavy (non-hydrogen) atoms. The van der Waals surface area contributed by atoms with Crippen LogP contribution in [0.4, 0.5) is 8.78 Å². The summed E-state index contributed by atoms with van der Waals surface area (Å²) in [5, 5.41) is 19.0. The Morgan fingerprint density at radius 2 is 1.84 bits per heavy atom. The van der Waals surface area contributed by atoms with E-state index < -0.39 is 47.5 Å². The third-order valence-corrected chi connectivity index (χ3v) is 2.16. The average Bonchev–Trinajstić information content (AvgIpc) is 2.26. The maximum atomic E-state index is 13.3. The number of carboxylic acids is 2. The molecular weight excluding hydrogens is 264 g/mol. The Hall–Kier alpha value is -2.51. The minimum atomic E-state index is -1.70. The van der Waals surface area contributed by atoms with Crippen molar-refractivity contribution in [1.82, 2.24) is 5.32 Å². The summed E-state index contributed by atoms with van der Waals surface area (Å²) in [5.74, 6) is -6.21. The van der Waals surface area contributed by atoms with Gasteiger partial charge in [-0.3, -0.25) is 9.59 Å². The van der Waals surface area contributed by atoms with Gasteiger partial charge in [-0.2, -0.15) is 0 Å². The minimum absolute atomic E-state index is 0.460. The van der Waals surface area contributed by atoms with E-state index in [1.54, 1.807) is 0 Å². The molecule has 6 nitrogen and oxygen atoms in total. The van der Waals surface area contributed by atoms with E-state index in [-0.39, 0.29) is 0 Å². The van der Waals surface area contributed by atoms with E-state index in [9.17, 15) is 23.2 Å². The van der Waals surface area contributed by atoms with Crippen LogP contribution in [-0.4, -0.2) is 34.1 Å². The molecule has 0 aliphatic carbocycles. The summed E-state index contributed by atoms with van der Waals surface area (Å²) in [6, 6.07) is 0.418. The molecule has 1 unspecified atom stereocenters. The molecule has 1 aromatic carbocycles. The highest BCUT2D eigenvalue weighted by atomic mass is 19.1. The maximum absolute atomic E-state index is 13.3. The summed E-state index contributed by atoms with van der Waals surface area (Å²) in [7, 11) is 0. The van der Waals surface area contributed by atoms with Crippen molar-refractivity contribution in [2.75, 3.05) is 0 Å². The van der Waals surface area contributed by atoms with Gasteiger partial charge in [-0.05, 0) is 12.1 Å². The Balaban J connectivity index is 2.87. The van der Waals surface area contributed by atoms with E-state index in [2.05, 4.69) is 0 Å². The summed E-state index contributed by atoms with van der Waals surface area (Å²) >= 11 is 0. The number of hydrogen-bond acceptors (Lipinski definition) is 3. The van der Waals surface area contributed by atoms with Gasteiger partial charge in [0.15, 0.2) is 0 Å². The van der Waals surface area contributed by atoms with Crippen LogP contribution >= 0.6 is 0 Å². The third kappa shape index (κ3) is 4.02. The van der Waals surface area contributed by atoms with Crippen molar-refractivity contribution in [3.8, 4) is 0 Å². The van der Waals surface area contributed by atoms with Crippen LogP contribution in [0, 0.1) is 11.6 Å². The van der Waals surface area contributed by atoms with Gasteiger partial charge in [-0.15, -0.1) is 0 Å². The van der Waals surface area contributed by atoms with Gasteiger partial charge < -0.3 is 15.5 Å². The maximum Gasteiger partial charge on any atom is 0.326 e. The first-order chi connectivity index (χ1) is 8.81. The second-order valence-corrected chi connectivity index (χ2v) is 3.59. The van der Waals surface area contributed by atoms with Gasteiger partial charge in [0.1, 0.15) is 17.7 Å². The number of carboxylic acid groups (broad SMARTS) is 2. The van der Waals surface area contributed by atoms with Crippen molar-refractivity contribution in [1.29, 1.82) is 0 Å². The van der Waals surface area contributed by atoms with E-state index in [0.29, 0.717) is 6.07 Å². The first-order valence-electron chi connectivity index (χ1n) is 5.01. The monoisotopic (exact) mass is 273 g/mol. The summed E-state index contributed by atoms with van der Waals surface area (Å²) in [6.45, 7) is 0. The second kappa shape index (κ2) is 5.89. The number of rotatable bonds is 5. The molecule has 1 rings (SSSR count). The average molecular weight is 273 g/mol. The first kappa shape index (κ1) is 14.6. The first-order valence-corrected chi connectivity index (χ1v) is 5.01. The van der Waals surface area contributed by atoms with Gasteiger partial charge >= 0.3 is 11.9 Å². The van der Waals surface area contributed by atoms with Crippen LogP contribution in [0.5, 0.6) is 0 Å². The highest BCUT2D eigenvalue weighted by molar-refractivity contribution is 5.97. The molecule has 102 valence electrons. The van der Waals surface area contributed by atoms with Gasteiger partial charge in [-0.25, -0.2) is 13.6 Å². The van der Waals surface area contributed by atoms with Crippen molar-refractivity contribution >= 4 is 17.8 Å². The lowest BCUT2D eigenvalue weighted by atomic mass is 10.1. The van der Waals surface area contributed by atoms with Gasteiger partial charge in [-0.1, -0.05) is 0 Å². The zero-order chi connectivity index (χ0) is 14.6. The van der Waals surface area contributed by atoms with Gasteiger partial charge in [0.05, 0.1) is 12.0 Å². The SMILES string of the molecule is O=C(O)CC(NC(=O)c1ccc(F)cc1F)C(=O)O. The van der Waals surface area contributed by atoms with Gasteiger partial charge in [0, 0.05) is 6.07 Å². The summed E-state index contributed by atoms with van der Waals surface area (Å²) in [6.07, 6.45) is -0.857. The van der Waals surface area contributed by atoms with E-state index in [4.69, 9.17) is 10.2 Å². The fourth-order valence-electron chi connectivity index (χ4n) is 1.28. The number of carbonyl (C=O) groups excluding carboxylic acids is 1. The van der Waals surface area contributed by atoms with E-state index in [1.807, 2.05) is 5.32 Å². The standard InChI is InChI=1S/C11H9F2NO5/c12-5-1-2-6(7(13)3-5)10(17)14-8(11(18)19)4-9(15)16/h1-3,8H,4H2,(H,14,17)(H,15,16)(H,18,19). The number of halogens is 2. The van der Waals surface area contributed by atoms with Crippen LogP contribution in [0.3, 0.4) is 0 Å². The van der Waals surface area contributed by atoms with E-state index in [1.165, 1.54) is 0 Å². The molecule has 1 aromatic rings. The molecule has 0 aliphatic heterocycles. The number of benzene rings is 1. The predicted molar refractivity (Wildman–Crippen MR) is 57.5 cm³/mol. The fraction of sp³-hybridized carbons (Fsp3) is 0.182. The lowest BCUT2D eigenvalue weighted by Crippen LogP contribution is -2.42. The largest absolute Gasteiger partial charge is 0.481 e. The van der Waals surface area contributed by atoms with Crippen molar-refractivity contribution in [3.05, 3.63) is 35.4 Å². The molecular formula is C11H9F2NO5. The highest BCUT2D eigenvalue weighted by Crippen LogP contribution is 2.10. The van der Waals surface area contributed by atoms with Crippen LogP contribution in [0.1, 0.15) is 16.8 Å². The Morgan fingerprint density at radius 1 is 1.21 bits per heavy atom. The normalized spacial score (nSPS) is 11.7. The van der Waals surface area contributed by atoms with Gasteiger partial charge in [0.2, 0.25) is 0 Å². The third-order valence-electron chi connectivity index (χ3n) is 2.16. The van der Waals surface area contributed by atoms with Crippen LogP contribution in [0.15, 0.2) is 18.2 Å². The van der Waals surface area contributed by atoms with Crippen LogP contribution < -0.4 is 5.32 Å². The molecule has 8 heteroatoms. The summed E-state index contributed by atoms with van der Waals surface area (Å²) in [5.41, 5.74) is -0.571. The van der Waals surface area contributed by atoms with Gasteiger partial charge in [0.25, 0.3) is 5.91 Å². The lowest BCUT2D eigenvalue weighted by molar-refractivity contribution is -0.145. The van der Waals surface area contributed by atoms with Crippen LogP contribution in [-0.2, 0) is 9.59 Å². The molecule has 3 N–H and O–H groups in total. The van der Waals surface area contributed by atoms with Crippen LogP contribution in [0.25, 0.3) is 0 Å². The summed E-state index contributed by atoms with van der Waals surface area (Å²) < 4.78 is 25.9. The number of aliphatic carboxylic acids is 2. The van der Waals surface area contributed by atoms with Crippen molar-refractivity contribution in [2.45, 2.75) is 12.5 Å². The van der Waals surface area contributed by atoms with E-state index >= 15 is 0 Å². The predicted octanol–water partition coefficient (Wildman–Crippen LogP) is 0.622. The number of amides is 1. The van der Waals surface area contributed by atoms with Crippen molar-refractivity contribution in [3.63, 3.8) is 0 Å². The van der Waals surface area contributed by atoms with Crippen molar-refractivity contribution < 1.29 is 33.4 Å².